The van der Waals surface area contributed by atoms with Crippen LogP contribution in [-0.4, -0.2) is 36.1 Å². The van der Waals surface area contributed by atoms with Gasteiger partial charge in [-0.2, -0.15) is 0 Å². The maximum atomic E-state index is 13.8. The lowest BCUT2D eigenvalue weighted by Gasteiger charge is -2.26. The van der Waals surface area contributed by atoms with Crippen LogP contribution in [-0.2, 0) is 0 Å². The molecule has 0 aliphatic rings. The largest absolute Gasteiger partial charge is 0.507 e. The second kappa shape index (κ2) is 11.9. The van der Waals surface area contributed by atoms with Crippen LogP contribution >= 0.6 is 15.9 Å². The van der Waals surface area contributed by atoms with Crippen LogP contribution < -0.4 is 10.6 Å². The third kappa shape index (κ3) is 6.59. The Morgan fingerprint density at radius 1 is 1.12 bits per heavy atom. The van der Waals surface area contributed by atoms with Gasteiger partial charge in [0, 0.05) is 35.9 Å². The van der Waals surface area contributed by atoms with E-state index in [-0.39, 0.29) is 17.9 Å². The fraction of sp³-hybridized carbons (Fsp3) is 0.160. The van der Waals surface area contributed by atoms with E-state index in [1.807, 2.05) is 24.9 Å². The molecule has 0 aromatic heterocycles. The topological polar surface area (TPSA) is 64.6 Å². The normalized spacial score (nSPS) is 11.9. The Morgan fingerprint density at radius 3 is 2.34 bits per heavy atom. The highest BCUT2D eigenvalue weighted by atomic mass is 79.9. The van der Waals surface area contributed by atoms with Gasteiger partial charge in [-0.3, -0.25) is 4.79 Å². The van der Waals surface area contributed by atoms with Crippen molar-refractivity contribution in [1.29, 1.82) is 0 Å². The Kier molecular flexibility index (Phi) is 9.28. The first-order valence-electron chi connectivity index (χ1n) is 9.94. The lowest BCUT2D eigenvalue weighted by Crippen LogP contribution is -2.35. The number of benzene rings is 2. The molecule has 0 aliphatic heterocycles. The monoisotopic (exact) mass is 499 g/mol. The average Bonchev–Trinajstić information content (AvgIpc) is 2.79. The molecule has 0 radical (unpaired) electrons. The lowest BCUT2D eigenvalue weighted by atomic mass is 10.1. The van der Waals surface area contributed by atoms with E-state index in [0.29, 0.717) is 23.5 Å². The Hall–Kier alpha value is -3.32. The van der Waals surface area contributed by atoms with Crippen molar-refractivity contribution in [2.24, 2.45) is 0 Å². The second-order valence-corrected chi connectivity index (χ2v) is 7.79. The Bertz CT molecular complexity index is 1060. The molecule has 0 atom stereocenters. The van der Waals surface area contributed by atoms with Gasteiger partial charge in [-0.15, -0.1) is 0 Å². The van der Waals surface area contributed by atoms with Crippen molar-refractivity contribution in [3.8, 4) is 5.75 Å². The molecular weight excluding hydrogens is 473 g/mol. The first kappa shape index (κ1) is 24.9. The molecule has 0 aliphatic carbocycles. The van der Waals surface area contributed by atoms with E-state index < -0.39 is 11.7 Å². The molecule has 168 valence electrons. The number of carbonyl (C=O) groups excluding carboxylic acids is 1. The molecule has 0 fully saturated rings. The van der Waals surface area contributed by atoms with Gasteiger partial charge in [0.1, 0.15) is 17.4 Å². The van der Waals surface area contributed by atoms with Crippen molar-refractivity contribution in [3.63, 3.8) is 0 Å². The quantitative estimate of drug-likeness (QED) is 0.312. The lowest BCUT2D eigenvalue weighted by molar-refractivity contribution is 0.0950. The number of amides is 1. The van der Waals surface area contributed by atoms with Gasteiger partial charge in [-0.25, -0.2) is 4.39 Å². The molecule has 0 heterocycles. The number of halogens is 2. The third-order valence-electron chi connectivity index (χ3n) is 4.79. The highest BCUT2D eigenvalue weighted by molar-refractivity contribution is 9.11. The molecule has 0 unspecified atom stereocenters. The van der Waals surface area contributed by atoms with Gasteiger partial charge in [-0.05, 0) is 52.7 Å². The summed E-state index contributed by atoms with van der Waals surface area (Å²) in [4.78, 5) is 14.1. The van der Waals surface area contributed by atoms with Gasteiger partial charge in [0.05, 0.1) is 5.56 Å². The molecule has 0 bridgehead atoms. The van der Waals surface area contributed by atoms with Crippen molar-refractivity contribution in [1.82, 2.24) is 15.5 Å². The van der Waals surface area contributed by atoms with Crippen LogP contribution in [0, 0.1) is 5.82 Å². The summed E-state index contributed by atoms with van der Waals surface area (Å²) < 4.78 is 14.6. The van der Waals surface area contributed by atoms with Crippen LogP contribution in [0.1, 0.15) is 22.8 Å². The fourth-order valence-electron chi connectivity index (χ4n) is 2.85. The van der Waals surface area contributed by atoms with Gasteiger partial charge in [0.2, 0.25) is 0 Å². The van der Waals surface area contributed by atoms with Gasteiger partial charge in [0.15, 0.2) is 0 Å². The van der Waals surface area contributed by atoms with Gasteiger partial charge in [0.25, 0.3) is 5.91 Å². The minimum atomic E-state index is -0.563. The van der Waals surface area contributed by atoms with E-state index in [4.69, 9.17) is 0 Å². The molecule has 0 spiro atoms. The summed E-state index contributed by atoms with van der Waals surface area (Å²) in [6.07, 6.45) is 3.50. The number of phenolic OH excluding ortho intramolecular Hbond substituents is 1. The van der Waals surface area contributed by atoms with Crippen LogP contribution in [0.15, 0.2) is 89.8 Å². The molecule has 0 saturated heterocycles. The first-order valence-corrected chi connectivity index (χ1v) is 10.7. The molecule has 2 rings (SSSR count). The standard InChI is InChI=1S/C25H27BrFN3O2/c1-5-21(26)18(3)30(4)24(16-17(2)19-10-7-9-13-23(19)31)28-14-15-29-25(32)20-11-6-8-12-22(20)27/h5-13,16,28,31H,1-2,14-15H2,3-4H3,(H,29,32)/b21-18+,24-16-. The number of carbonyl (C=O) groups is 1. The summed E-state index contributed by atoms with van der Waals surface area (Å²) in [5, 5.41) is 16.1. The van der Waals surface area contributed by atoms with Crippen molar-refractivity contribution < 1.29 is 14.3 Å². The number of para-hydroxylation sites is 1. The minimum Gasteiger partial charge on any atom is -0.507 e. The number of nitrogens with one attached hydrogen (secondary N) is 2. The first-order chi connectivity index (χ1) is 15.3. The molecule has 5 nitrogen and oxygen atoms in total. The highest BCUT2D eigenvalue weighted by Crippen LogP contribution is 2.26. The molecule has 3 N–H and O–H groups in total. The van der Waals surface area contributed by atoms with Gasteiger partial charge < -0.3 is 20.6 Å². The SMILES string of the molecule is C=C/C(Br)=C(/C)N(C)/C(=C\C(=C)c1ccccc1O)NCCNC(=O)c1ccccc1F. The zero-order valence-corrected chi connectivity index (χ0v) is 19.7. The summed E-state index contributed by atoms with van der Waals surface area (Å²) in [5.74, 6) is -0.220. The summed E-state index contributed by atoms with van der Waals surface area (Å²) in [5.41, 5.74) is 2.11. The molecule has 7 heteroatoms. The van der Waals surface area contributed by atoms with E-state index in [2.05, 4.69) is 39.7 Å². The molecule has 2 aromatic carbocycles. The predicted molar refractivity (Wildman–Crippen MR) is 132 cm³/mol. The zero-order valence-electron chi connectivity index (χ0n) is 18.2. The molecule has 32 heavy (non-hydrogen) atoms. The van der Waals surface area contributed by atoms with E-state index in [0.717, 1.165) is 10.2 Å². The maximum absolute atomic E-state index is 13.8. The molecular formula is C25H27BrFN3O2. The van der Waals surface area contributed by atoms with Crippen molar-refractivity contribution in [2.45, 2.75) is 6.92 Å². The number of allylic oxidation sites excluding steroid dienone is 5. The predicted octanol–water partition coefficient (Wildman–Crippen LogP) is 5.15. The summed E-state index contributed by atoms with van der Waals surface area (Å²) in [6.45, 7) is 10.4. The van der Waals surface area contributed by atoms with E-state index in [1.165, 1.54) is 18.2 Å². The van der Waals surface area contributed by atoms with Crippen molar-refractivity contribution >= 4 is 27.4 Å². The Morgan fingerprint density at radius 2 is 1.72 bits per heavy atom. The third-order valence-corrected chi connectivity index (χ3v) is 5.68. The number of phenols is 1. The van der Waals surface area contributed by atoms with Crippen LogP contribution in [0.3, 0.4) is 0 Å². The molecule has 1 amide bonds. The molecule has 2 aromatic rings. The number of aromatic hydroxyl groups is 1. The maximum Gasteiger partial charge on any atom is 0.254 e. The average molecular weight is 500 g/mol. The smallest absolute Gasteiger partial charge is 0.254 e. The zero-order chi connectivity index (χ0) is 23.7. The minimum absolute atomic E-state index is 0.00186. The number of hydrogen-bond donors (Lipinski definition) is 3. The fourth-order valence-corrected chi connectivity index (χ4v) is 3.12. The van der Waals surface area contributed by atoms with Crippen molar-refractivity contribution in [2.75, 3.05) is 20.1 Å². The van der Waals surface area contributed by atoms with Crippen LogP contribution in [0.5, 0.6) is 5.75 Å². The van der Waals surface area contributed by atoms with Crippen molar-refractivity contribution in [3.05, 3.63) is 107 Å². The van der Waals surface area contributed by atoms with Gasteiger partial charge in [-0.1, -0.05) is 49.6 Å². The summed E-state index contributed by atoms with van der Waals surface area (Å²) in [7, 11) is 1.87. The van der Waals surface area contributed by atoms with E-state index in [9.17, 15) is 14.3 Å². The highest BCUT2D eigenvalue weighted by Gasteiger charge is 2.13. The second-order valence-electron chi connectivity index (χ2n) is 6.93. The van der Waals surface area contributed by atoms with Crippen LogP contribution in [0.25, 0.3) is 5.57 Å². The number of rotatable bonds is 10. The molecule has 0 saturated carbocycles. The van der Waals surface area contributed by atoms with Crippen LogP contribution in [0.2, 0.25) is 0 Å². The summed E-state index contributed by atoms with van der Waals surface area (Å²) in [6, 6.07) is 12.8. The van der Waals surface area contributed by atoms with Crippen LogP contribution in [0.4, 0.5) is 4.39 Å². The van der Waals surface area contributed by atoms with E-state index in [1.54, 1.807) is 36.4 Å². The number of hydrogen-bond acceptors (Lipinski definition) is 4. The Balaban J connectivity index is 2.15. The Labute approximate surface area is 196 Å². The number of nitrogens with zero attached hydrogens (tertiary/aromatic N) is 1. The van der Waals surface area contributed by atoms with E-state index >= 15 is 0 Å². The van der Waals surface area contributed by atoms with Gasteiger partial charge >= 0.3 is 0 Å². The summed E-state index contributed by atoms with van der Waals surface area (Å²) >= 11 is 3.48.